The fraction of sp³-hybridized carbons (Fsp3) is 0.370. The lowest BCUT2D eigenvalue weighted by molar-refractivity contribution is -0.132. The number of rotatable bonds is 15. The number of benzene rings is 1. The minimum atomic E-state index is -1.23. The van der Waals surface area contributed by atoms with Gasteiger partial charge in [-0.2, -0.15) is 0 Å². The molecule has 0 amide bonds. The molecule has 1 rings (SSSR count). The number of hydrogen-bond donors (Lipinski definition) is 11. The average Bonchev–Trinajstić information content (AvgIpc) is 3.02. The van der Waals surface area contributed by atoms with Gasteiger partial charge < -0.3 is 60.9 Å². The van der Waals surface area contributed by atoms with E-state index in [2.05, 4.69) is 19.7 Å². The van der Waals surface area contributed by atoms with Crippen LogP contribution in [0.25, 0.3) is 0 Å². The van der Waals surface area contributed by atoms with E-state index in [1.54, 1.807) is 0 Å². The van der Waals surface area contributed by atoms with Crippen molar-refractivity contribution in [1.82, 2.24) is 0 Å². The largest absolute Gasteiger partial charge is 0.478 e. The summed E-state index contributed by atoms with van der Waals surface area (Å²) in [5.41, 5.74) is -2.70. The van der Waals surface area contributed by atoms with Crippen LogP contribution >= 0.6 is 0 Å². The Labute approximate surface area is 252 Å². The smallest absolute Gasteiger partial charge is 0.336 e. The molecule has 0 atom stereocenters. The second-order valence-corrected chi connectivity index (χ2v) is 8.22. The summed E-state index contributed by atoms with van der Waals surface area (Å²) in [7, 11) is 0. The molecule has 0 aliphatic carbocycles. The van der Waals surface area contributed by atoms with E-state index < -0.39 is 80.3 Å². The molecule has 250 valence electrons. The minimum absolute atomic E-state index is 0.141. The Balaban J connectivity index is -0.000000255. The number of carboxylic acid groups (broad SMARTS) is 5. The monoisotopic (exact) mass is 636 g/mol. The highest BCUT2D eigenvalue weighted by molar-refractivity contribution is 6.01. The fourth-order valence-corrected chi connectivity index (χ4v) is 1.91. The minimum Gasteiger partial charge on any atom is -0.478 e. The van der Waals surface area contributed by atoms with Gasteiger partial charge in [-0.25, -0.2) is 24.0 Å². The summed E-state index contributed by atoms with van der Waals surface area (Å²) >= 11 is 0. The lowest BCUT2D eigenvalue weighted by Crippen LogP contribution is -2.43. The third kappa shape index (κ3) is 23.1. The lowest BCUT2D eigenvalue weighted by Gasteiger charge is -2.31. The van der Waals surface area contributed by atoms with E-state index in [-0.39, 0.29) is 24.3 Å². The molecular weight excluding hydrogens is 596 g/mol. The molecule has 0 saturated carbocycles. The zero-order valence-corrected chi connectivity index (χ0v) is 23.7. The average molecular weight is 637 g/mol. The number of aliphatic hydroxyl groups excluding tert-OH is 6. The first kappa shape index (κ1) is 46.5. The lowest BCUT2D eigenvalue weighted by atomic mass is 9.91. The predicted molar refractivity (Wildman–Crippen MR) is 152 cm³/mol. The van der Waals surface area contributed by atoms with Crippen LogP contribution in [0.3, 0.4) is 0 Å². The molecule has 0 fully saturated rings. The van der Waals surface area contributed by atoms with Gasteiger partial charge in [-0.15, -0.1) is 0 Å². The normalized spacial score (nSPS) is 9.77. The van der Waals surface area contributed by atoms with E-state index in [1.807, 2.05) is 0 Å². The van der Waals surface area contributed by atoms with Gasteiger partial charge in [0.2, 0.25) is 0 Å². The van der Waals surface area contributed by atoms with Gasteiger partial charge in [0.05, 0.1) is 74.8 Å². The summed E-state index contributed by atoms with van der Waals surface area (Å²) in [4.78, 5) is 48.7. The van der Waals surface area contributed by atoms with Gasteiger partial charge in [-0.3, -0.25) is 0 Å². The molecule has 0 aliphatic rings. The molecule has 0 aromatic heterocycles. The highest BCUT2D eigenvalue weighted by atomic mass is 16.5. The van der Waals surface area contributed by atoms with Crippen LogP contribution in [0, 0.1) is 10.8 Å². The van der Waals surface area contributed by atoms with Crippen LogP contribution in [0.1, 0.15) is 20.7 Å². The third-order valence-electron chi connectivity index (χ3n) is 4.74. The standard InChI is InChI=1S/C10H22O7.C8H6O4.3C3H4O2/c11-1-9(2-12,3-13)7-17-8-10(4-14,5-15)6-16;9-7(10)5-3-1-2-4-6(5)8(11)12;3*1-2-3(4)5/h11-16H,1-8H2;1-4H,(H,9,10)(H,11,12);3*2H,1H2,(H,4,5). The van der Waals surface area contributed by atoms with E-state index in [4.69, 9.17) is 60.9 Å². The summed E-state index contributed by atoms with van der Waals surface area (Å²) < 4.78 is 5.15. The van der Waals surface area contributed by atoms with Gasteiger partial charge >= 0.3 is 29.8 Å². The molecule has 0 saturated heterocycles. The number of aromatic carboxylic acids is 2. The number of hydrogen-bond acceptors (Lipinski definition) is 12. The van der Waals surface area contributed by atoms with Crippen LogP contribution < -0.4 is 0 Å². The number of aliphatic hydroxyl groups is 6. The first-order chi connectivity index (χ1) is 20.5. The van der Waals surface area contributed by atoms with Crippen LogP contribution in [-0.4, -0.2) is 139 Å². The van der Waals surface area contributed by atoms with Gasteiger partial charge in [-0.1, -0.05) is 31.9 Å². The Bertz CT molecular complexity index is 915. The number of carbonyl (C=O) groups is 5. The molecule has 17 nitrogen and oxygen atoms in total. The van der Waals surface area contributed by atoms with Crippen molar-refractivity contribution in [2.24, 2.45) is 10.8 Å². The predicted octanol–water partition coefficient (Wildman–Crippen LogP) is -1.22. The van der Waals surface area contributed by atoms with Crippen LogP contribution in [0.5, 0.6) is 0 Å². The second kappa shape index (κ2) is 27.3. The molecule has 0 unspecified atom stereocenters. The maximum atomic E-state index is 10.5. The molecule has 17 heteroatoms. The van der Waals surface area contributed by atoms with Crippen LogP contribution in [0.2, 0.25) is 0 Å². The van der Waals surface area contributed by atoms with Crippen molar-refractivity contribution in [2.75, 3.05) is 52.9 Å². The Morgan fingerprint density at radius 1 is 0.545 bits per heavy atom. The molecule has 44 heavy (non-hydrogen) atoms. The summed E-state index contributed by atoms with van der Waals surface area (Å²) in [5, 5.41) is 94.1. The van der Waals surface area contributed by atoms with Crippen molar-refractivity contribution in [3.05, 3.63) is 73.4 Å². The van der Waals surface area contributed by atoms with Gasteiger partial charge in [0.25, 0.3) is 0 Å². The molecule has 0 heterocycles. The maximum absolute atomic E-state index is 10.5. The Morgan fingerprint density at radius 3 is 0.886 bits per heavy atom. The van der Waals surface area contributed by atoms with Crippen LogP contribution in [0.15, 0.2) is 62.2 Å². The zero-order chi connectivity index (χ0) is 35.4. The van der Waals surface area contributed by atoms with E-state index in [0.717, 1.165) is 18.2 Å². The maximum Gasteiger partial charge on any atom is 0.336 e. The highest BCUT2D eigenvalue weighted by Gasteiger charge is 2.32. The first-order valence-corrected chi connectivity index (χ1v) is 11.9. The molecule has 0 bridgehead atoms. The van der Waals surface area contributed by atoms with E-state index in [0.29, 0.717) is 0 Å². The van der Waals surface area contributed by atoms with Crippen molar-refractivity contribution in [3.63, 3.8) is 0 Å². The van der Waals surface area contributed by atoms with Gasteiger partial charge in [0, 0.05) is 18.2 Å². The molecule has 0 radical (unpaired) electrons. The molecule has 1 aromatic rings. The van der Waals surface area contributed by atoms with Crippen molar-refractivity contribution < 1.29 is 84.9 Å². The summed E-state index contributed by atoms with van der Waals surface area (Å²) in [6, 6.07) is 5.48. The van der Waals surface area contributed by atoms with E-state index >= 15 is 0 Å². The molecule has 0 aliphatic heterocycles. The van der Waals surface area contributed by atoms with Crippen LogP contribution in [0.4, 0.5) is 0 Å². The van der Waals surface area contributed by atoms with Gasteiger partial charge in [-0.05, 0) is 12.1 Å². The van der Waals surface area contributed by atoms with Crippen molar-refractivity contribution in [1.29, 1.82) is 0 Å². The van der Waals surface area contributed by atoms with Crippen molar-refractivity contribution in [2.45, 2.75) is 0 Å². The van der Waals surface area contributed by atoms with Gasteiger partial charge in [0.1, 0.15) is 0 Å². The van der Waals surface area contributed by atoms with Crippen molar-refractivity contribution >= 4 is 29.8 Å². The summed E-state index contributed by atoms with van der Waals surface area (Å²) in [5.74, 6) is -5.40. The summed E-state index contributed by atoms with van der Waals surface area (Å²) in [6.45, 7) is 5.88. The van der Waals surface area contributed by atoms with Crippen molar-refractivity contribution in [3.8, 4) is 0 Å². The summed E-state index contributed by atoms with van der Waals surface area (Å²) in [6.07, 6.45) is 2.50. The molecule has 11 N–H and O–H groups in total. The number of aliphatic carboxylic acids is 3. The highest BCUT2D eigenvalue weighted by Crippen LogP contribution is 2.19. The Hall–Kier alpha value is -4.49. The fourth-order valence-electron chi connectivity index (χ4n) is 1.91. The topological polar surface area (TPSA) is 317 Å². The van der Waals surface area contributed by atoms with Gasteiger partial charge in [0.15, 0.2) is 0 Å². The molecular formula is C27H40O17. The Morgan fingerprint density at radius 2 is 0.750 bits per heavy atom. The van der Waals surface area contributed by atoms with E-state index in [9.17, 15) is 24.0 Å². The third-order valence-corrected chi connectivity index (χ3v) is 4.74. The number of carboxylic acids is 5. The molecule has 1 aromatic carbocycles. The van der Waals surface area contributed by atoms with Crippen LogP contribution in [-0.2, 0) is 19.1 Å². The zero-order valence-electron chi connectivity index (χ0n) is 23.7. The first-order valence-electron chi connectivity index (χ1n) is 11.9. The number of ether oxygens (including phenoxy) is 1. The second-order valence-electron chi connectivity index (χ2n) is 8.22. The quantitative estimate of drug-likeness (QED) is 0.100. The molecule has 0 spiro atoms. The SMILES string of the molecule is C=CC(=O)O.C=CC(=O)O.C=CC(=O)O.O=C(O)c1ccccc1C(=O)O.OCC(CO)(CO)COCC(CO)(CO)CO. The van der Waals surface area contributed by atoms with E-state index in [1.165, 1.54) is 24.3 Å². The Kier molecular flexibility index (Phi) is 28.9.